The molecule has 3 rings (SSSR count). The van der Waals surface area contributed by atoms with E-state index in [1.807, 2.05) is 0 Å². The van der Waals surface area contributed by atoms with Crippen LogP contribution < -0.4 is 11.1 Å². The van der Waals surface area contributed by atoms with E-state index in [9.17, 15) is 0 Å². The Morgan fingerprint density at radius 1 is 1.43 bits per heavy atom. The number of nitrogens with two attached hydrogens (primary N) is 1. The number of hydrogen-bond donors (Lipinski definition) is 2. The molecule has 40 valence electrons. The van der Waals surface area contributed by atoms with Gasteiger partial charge in [-0.1, -0.05) is 0 Å². The highest BCUT2D eigenvalue weighted by molar-refractivity contribution is 4.98. The highest BCUT2D eigenvalue weighted by Gasteiger charge is 2.41. The zero-order chi connectivity index (χ0) is 4.85. The van der Waals surface area contributed by atoms with Gasteiger partial charge in [0.25, 0.3) is 0 Å². The summed E-state index contributed by atoms with van der Waals surface area (Å²) in [6.45, 7) is 0. The summed E-state index contributed by atoms with van der Waals surface area (Å²) in [7, 11) is 0. The van der Waals surface area contributed by atoms with Crippen molar-refractivity contribution in [3.63, 3.8) is 0 Å². The van der Waals surface area contributed by atoms with Gasteiger partial charge in [-0.3, -0.25) is 5.32 Å². The van der Waals surface area contributed by atoms with Crippen molar-refractivity contribution in [2.45, 2.75) is 25.0 Å². The van der Waals surface area contributed by atoms with Gasteiger partial charge in [-0.25, -0.2) is 0 Å². The highest BCUT2D eigenvalue weighted by Crippen LogP contribution is 2.35. The maximum absolute atomic E-state index is 5.61. The molecule has 0 amide bonds. The molecule has 1 aliphatic carbocycles. The van der Waals surface area contributed by atoms with Crippen LogP contribution in [0.15, 0.2) is 0 Å². The molecule has 3 N–H and O–H groups in total. The molecule has 0 aromatic rings. The van der Waals surface area contributed by atoms with E-state index in [0.29, 0.717) is 6.17 Å². The Labute approximate surface area is 43.1 Å². The van der Waals surface area contributed by atoms with Crippen molar-refractivity contribution >= 4 is 0 Å². The van der Waals surface area contributed by atoms with Crippen LogP contribution >= 0.6 is 0 Å². The van der Waals surface area contributed by atoms with Crippen LogP contribution in [0.2, 0.25) is 0 Å². The molecule has 1 saturated carbocycles. The lowest BCUT2D eigenvalue weighted by molar-refractivity contribution is 0.353. The summed E-state index contributed by atoms with van der Waals surface area (Å²) in [6.07, 6.45) is 3.01. The molecule has 0 spiro atoms. The molecule has 3 fully saturated rings. The van der Waals surface area contributed by atoms with Crippen molar-refractivity contribution in [1.82, 2.24) is 5.32 Å². The largest absolute Gasteiger partial charge is 0.316 e. The summed E-state index contributed by atoms with van der Waals surface area (Å²) in [5.74, 6) is 0.824. The summed E-state index contributed by atoms with van der Waals surface area (Å²) in [5.41, 5.74) is 5.61. The van der Waals surface area contributed by atoms with Crippen molar-refractivity contribution in [2.75, 3.05) is 0 Å². The van der Waals surface area contributed by atoms with Crippen LogP contribution in [0.3, 0.4) is 0 Å². The quantitative estimate of drug-likeness (QED) is 0.434. The first-order chi connectivity index (χ1) is 3.36. The topological polar surface area (TPSA) is 38.0 Å². The first-order valence-corrected chi connectivity index (χ1v) is 2.88. The third kappa shape index (κ3) is 0.359. The molecule has 3 aliphatic rings. The Kier molecular flexibility index (Phi) is 0.557. The maximum atomic E-state index is 5.61. The first kappa shape index (κ1) is 3.87. The molecule has 2 aliphatic heterocycles. The Morgan fingerprint density at radius 2 is 2.14 bits per heavy atom. The van der Waals surface area contributed by atoms with Crippen LogP contribution in [0.1, 0.15) is 12.8 Å². The van der Waals surface area contributed by atoms with Gasteiger partial charge in [-0.15, -0.1) is 0 Å². The van der Waals surface area contributed by atoms with Gasteiger partial charge in [-0.2, -0.15) is 0 Å². The minimum atomic E-state index is 0.338. The van der Waals surface area contributed by atoms with Gasteiger partial charge in [0.15, 0.2) is 0 Å². The van der Waals surface area contributed by atoms with Crippen LogP contribution in [0.4, 0.5) is 0 Å². The molecule has 0 aromatic carbocycles. The smallest absolute Gasteiger partial charge is 0.0578 e. The molecule has 7 heavy (non-hydrogen) atoms. The fourth-order valence-corrected chi connectivity index (χ4v) is 1.50. The van der Waals surface area contributed by atoms with E-state index in [2.05, 4.69) is 5.32 Å². The molecule has 2 heterocycles. The number of rotatable bonds is 0. The number of nitrogens with one attached hydrogen (secondary N) is 1. The molecular formula is C5H10N2. The fourth-order valence-electron chi connectivity index (χ4n) is 1.50. The van der Waals surface area contributed by atoms with Crippen molar-refractivity contribution in [3.05, 3.63) is 0 Å². The predicted octanol–water partition coefficient (Wildman–Crippen LogP) is -0.347. The van der Waals surface area contributed by atoms with E-state index in [4.69, 9.17) is 5.73 Å². The third-order valence-corrected chi connectivity index (χ3v) is 2.11. The normalized spacial score (nSPS) is 57.0. The van der Waals surface area contributed by atoms with Crippen LogP contribution in [0.5, 0.6) is 0 Å². The Morgan fingerprint density at radius 3 is 2.29 bits per heavy atom. The van der Waals surface area contributed by atoms with Crippen LogP contribution in [0, 0.1) is 5.92 Å². The Bertz CT molecular complexity index is 86.1. The molecular weight excluding hydrogens is 88.1 g/mol. The lowest BCUT2D eigenvalue weighted by atomic mass is 9.85. The van der Waals surface area contributed by atoms with Crippen LogP contribution in [-0.4, -0.2) is 12.2 Å². The molecule has 0 aromatic heterocycles. The predicted molar refractivity (Wildman–Crippen MR) is 27.6 cm³/mol. The molecule has 1 atom stereocenters. The lowest BCUT2D eigenvalue weighted by Gasteiger charge is -2.20. The van der Waals surface area contributed by atoms with Crippen molar-refractivity contribution in [3.8, 4) is 0 Å². The van der Waals surface area contributed by atoms with E-state index in [0.717, 1.165) is 12.0 Å². The van der Waals surface area contributed by atoms with Crippen molar-refractivity contribution in [1.29, 1.82) is 0 Å². The zero-order valence-electron chi connectivity index (χ0n) is 4.22. The van der Waals surface area contributed by atoms with Gasteiger partial charge in [0.05, 0.1) is 6.17 Å². The lowest BCUT2D eigenvalue weighted by Crippen LogP contribution is -2.31. The molecule has 2 bridgehead atoms. The summed E-state index contributed by atoms with van der Waals surface area (Å²) >= 11 is 0. The van der Waals surface area contributed by atoms with Gasteiger partial charge in [0.2, 0.25) is 0 Å². The van der Waals surface area contributed by atoms with E-state index >= 15 is 0 Å². The van der Waals surface area contributed by atoms with Gasteiger partial charge in [0.1, 0.15) is 0 Å². The van der Waals surface area contributed by atoms with Crippen LogP contribution in [0.25, 0.3) is 0 Å². The van der Waals surface area contributed by atoms with Crippen molar-refractivity contribution in [2.24, 2.45) is 11.7 Å². The second kappa shape index (κ2) is 1.01. The fraction of sp³-hybridized carbons (Fsp3) is 1.00. The van der Waals surface area contributed by atoms with Gasteiger partial charge in [0, 0.05) is 6.04 Å². The summed E-state index contributed by atoms with van der Waals surface area (Å²) < 4.78 is 0. The second-order valence-corrected chi connectivity index (χ2v) is 2.62. The minimum Gasteiger partial charge on any atom is -0.316 e. The van der Waals surface area contributed by atoms with E-state index in [1.165, 1.54) is 12.8 Å². The van der Waals surface area contributed by atoms with E-state index in [-0.39, 0.29) is 0 Å². The first-order valence-electron chi connectivity index (χ1n) is 2.88. The van der Waals surface area contributed by atoms with E-state index < -0.39 is 0 Å². The van der Waals surface area contributed by atoms with Gasteiger partial charge in [-0.05, 0) is 18.8 Å². The van der Waals surface area contributed by atoms with Crippen LogP contribution in [-0.2, 0) is 0 Å². The highest BCUT2D eigenvalue weighted by atomic mass is 15.1. The average molecular weight is 98.1 g/mol. The Hall–Kier alpha value is -0.0800. The zero-order valence-corrected chi connectivity index (χ0v) is 4.22. The summed E-state index contributed by atoms with van der Waals surface area (Å²) in [4.78, 5) is 0. The maximum Gasteiger partial charge on any atom is 0.0578 e. The molecule has 2 heteroatoms. The molecule has 2 nitrogen and oxygen atoms in total. The molecule has 0 radical (unpaired) electrons. The minimum absolute atomic E-state index is 0.338. The second-order valence-electron chi connectivity index (χ2n) is 2.62. The summed E-state index contributed by atoms with van der Waals surface area (Å²) in [6, 6.07) is 0.792. The van der Waals surface area contributed by atoms with Gasteiger partial charge < -0.3 is 5.73 Å². The monoisotopic (exact) mass is 98.1 g/mol. The third-order valence-electron chi connectivity index (χ3n) is 2.11. The number of hydrogen-bond acceptors (Lipinski definition) is 2. The van der Waals surface area contributed by atoms with E-state index in [1.54, 1.807) is 0 Å². The Balaban J connectivity index is 2.13. The SMILES string of the molecule is NC1NC2CC1C2. The van der Waals surface area contributed by atoms with Gasteiger partial charge >= 0.3 is 0 Å². The average Bonchev–Trinajstić information content (AvgIpc) is 1.85. The molecule has 2 saturated heterocycles. The van der Waals surface area contributed by atoms with Crippen molar-refractivity contribution < 1.29 is 0 Å². The summed E-state index contributed by atoms with van der Waals surface area (Å²) in [5, 5.41) is 3.27. The number of fused-ring (bicyclic) bond motifs is 1. The standard InChI is InChI=1S/C5H10N2/c6-5-3-1-4(2-3)7-5/h3-5,7H,1-2,6H2. The molecule has 1 unspecified atom stereocenters.